The van der Waals surface area contributed by atoms with E-state index in [0.717, 1.165) is 5.92 Å². The maximum absolute atomic E-state index is 2.43. The number of rotatable bonds is 0. The third kappa shape index (κ3) is 1.47. The van der Waals surface area contributed by atoms with Gasteiger partial charge in [-0.1, -0.05) is 20.8 Å². The first kappa shape index (κ1) is 7.11. The molecule has 0 aromatic rings. The van der Waals surface area contributed by atoms with E-state index in [2.05, 4.69) is 27.2 Å². The largest absolute Gasteiger partial charge is 0.0620 e. The molecule has 0 aliphatic heterocycles. The fraction of sp³-hybridized carbons (Fsp3) is 0.889. The van der Waals surface area contributed by atoms with E-state index in [9.17, 15) is 0 Å². The Morgan fingerprint density at radius 2 is 2.11 bits per heavy atom. The van der Waals surface area contributed by atoms with Gasteiger partial charge in [0, 0.05) is 0 Å². The molecule has 1 fully saturated rings. The van der Waals surface area contributed by atoms with Crippen LogP contribution in [0.2, 0.25) is 0 Å². The maximum atomic E-state index is 2.43. The molecular formula is C9H17. The standard InChI is InChI=1S/C9H17/c1-8-6-4-5-7-9(8,2)3/h4,8H,5-7H2,1-3H3. The lowest BCUT2D eigenvalue weighted by atomic mass is 9.70. The summed E-state index contributed by atoms with van der Waals surface area (Å²) in [5, 5.41) is 0. The molecule has 0 N–H and O–H groups in total. The van der Waals surface area contributed by atoms with Crippen molar-refractivity contribution >= 4 is 0 Å². The number of hydrogen-bond donors (Lipinski definition) is 0. The molecule has 0 aromatic heterocycles. The summed E-state index contributed by atoms with van der Waals surface area (Å²) in [4.78, 5) is 0. The lowest BCUT2D eigenvalue weighted by Gasteiger charge is -2.36. The monoisotopic (exact) mass is 125 g/mol. The lowest BCUT2D eigenvalue weighted by Crippen LogP contribution is -2.25. The quantitative estimate of drug-likeness (QED) is 0.467. The van der Waals surface area contributed by atoms with Crippen LogP contribution in [0, 0.1) is 17.8 Å². The molecule has 1 aliphatic rings. The second kappa shape index (κ2) is 2.32. The average molecular weight is 125 g/mol. The first-order valence-corrected chi connectivity index (χ1v) is 3.94. The molecule has 0 aromatic carbocycles. The van der Waals surface area contributed by atoms with Crippen LogP contribution in [0.5, 0.6) is 0 Å². The molecule has 0 nitrogen and oxygen atoms in total. The van der Waals surface area contributed by atoms with Gasteiger partial charge in [0.2, 0.25) is 0 Å². The summed E-state index contributed by atoms with van der Waals surface area (Å²) in [6, 6.07) is 0. The molecule has 1 saturated carbocycles. The van der Waals surface area contributed by atoms with Crippen molar-refractivity contribution in [1.29, 1.82) is 0 Å². The molecule has 1 rings (SSSR count). The molecule has 1 unspecified atom stereocenters. The van der Waals surface area contributed by atoms with E-state index in [1.807, 2.05) is 0 Å². The summed E-state index contributed by atoms with van der Waals surface area (Å²) in [7, 11) is 0. The van der Waals surface area contributed by atoms with E-state index < -0.39 is 0 Å². The van der Waals surface area contributed by atoms with E-state index >= 15 is 0 Å². The topological polar surface area (TPSA) is 0 Å². The van der Waals surface area contributed by atoms with E-state index in [1.54, 1.807) is 0 Å². The zero-order valence-electron chi connectivity index (χ0n) is 6.78. The zero-order chi connectivity index (χ0) is 6.91. The second-order valence-corrected chi connectivity index (χ2v) is 3.95. The number of hydrogen-bond acceptors (Lipinski definition) is 0. The molecule has 0 spiro atoms. The van der Waals surface area contributed by atoms with Gasteiger partial charge < -0.3 is 0 Å². The van der Waals surface area contributed by atoms with E-state index in [-0.39, 0.29) is 0 Å². The maximum Gasteiger partial charge on any atom is -0.0328 e. The summed E-state index contributed by atoms with van der Waals surface area (Å²) in [5.41, 5.74) is 0.606. The minimum Gasteiger partial charge on any atom is -0.0620 e. The van der Waals surface area contributed by atoms with Crippen LogP contribution in [-0.4, -0.2) is 0 Å². The van der Waals surface area contributed by atoms with Gasteiger partial charge in [0.1, 0.15) is 0 Å². The van der Waals surface area contributed by atoms with Gasteiger partial charge in [-0.05, 0) is 37.0 Å². The first-order valence-electron chi connectivity index (χ1n) is 3.94. The normalized spacial score (nSPS) is 34.3. The van der Waals surface area contributed by atoms with Crippen LogP contribution in [0.15, 0.2) is 0 Å². The van der Waals surface area contributed by atoms with Crippen LogP contribution >= 0.6 is 0 Å². The molecule has 1 atom stereocenters. The molecule has 0 bridgehead atoms. The van der Waals surface area contributed by atoms with Crippen molar-refractivity contribution in [1.82, 2.24) is 0 Å². The third-order valence-electron chi connectivity index (χ3n) is 2.85. The van der Waals surface area contributed by atoms with Crippen molar-refractivity contribution in [2.45, 2.75) is 40.0 Å². The smallest absolute Gasteiger partial charge is 0.0328 e. The van der Waals surface area contributed by atoms with Gasteiger partial charge in [-0.15, -0.1) is 0 Å². The van der Waals surface area contributed by atoms with Crippen molar-refractivity contribution in [3.63, 3.8) is 0 Å². The molecule has 0 heteroatoms. The van der Waals surface area contributed by atoms with Gasteiger partial charge in [-0.2, -0.15) is 0 Å². The van der Waals surface area contributed by atoms with Crippen LogP contribution in [0.3, 0.4) is 0 Å². The minimum absolute atomic E-state index is 0.606. The molecule has 1 aliphatic carbocycles. The van der Waals surface area contributed by atoms with Crippen LogP contribution in [0.25, 0.3) is 0 Å². The van der Waals surface area contributed by atoms with Gasteiger partial charge in [-0.25, -0.2) is 0 Å². The Balaban J connectivity index is 2.49. The van der Waals surface area contributed by atoms with Crippen LogP contribution in [0.1, 0.15) is 40.0 Å². The molecule has 1 radical (unpaired) electrons. The van der Waals surface area contributed by atoms with Crippen LogP contribution in [-0.2, 0) is 0 Å². The van der Waals surface area contributed by atoms with Gasteiger partial charge in [0.05, 0.1) is 0 Å². The Labute approximate surface area is 58.7 Å². The van der Waals surface area contributed by atoms with Gasteiger partial charge in [0.25, 0.3) is 0 Å². The summed E-state index contributed by atoms with van der Waals surface area (Å²) >= 11 is 0. The Morgan fingerprint density at radius 1 is 1.44 bits per heavy atom. The van der Waals surface area contributed by atoms with Gasteiger partial charge in [-0.3, -0.25) is 0 Å². The minimum atomic E-state index is 0.606. The predicted octanol–water partition coefficient (Wildman–Crippen LogP) is 3.04. The molecule has 9 heavy (non-hydrogen) atoms. The van der Waals surface area contributed by atoms with Crippen molar-refractivity contribution in [2.75, 3.05) is 0 Å². The van der Waals surface area contributed by atoms with Crippen molar-refractivity contribution in [3.8, 4) is 0 Å². The Morgan fingerprint density at radius 3 is 2.44 bits per heavy atom. The highest BCUT2D eigenvalue weighted by atomic mass is 14.3. The van der Waals surface area contributed by atoms with Crippen LogP contribution in [0.4, 0.5) is 0 Å². The highest BCUT2D eigenvalue weighted by Crippen LogP contribution is 2.39. The molecule has 53 valence electrons. The van der Waals surface area contributed by atoms with Crippen molar-refractivity contribution < 1.29 is 0 Å². The Bertz CT molecular complexity index is 92.2. The van der Waals surface area contributed by atoms with E-state index in [0.29, 0.717) is 5.41 Å². The molecule has 0 saturated heterocycles. The fourth-order valence-corrected chi connectivity index (χ4v) is 1.41. The molecular weight excluding hydrogens is 108 g/mol. The summed E-state index contributed by atoms with van der Waals surface area (Å²) in [6.07, 6.45) is 6.47. The highest BCUT2D eigenvalue weighted by molar-refractivity contribution is 4.86. The predicted molar refractivity (Wildman–Crippen MR) is 41.1 cm³/mol. The summed E-state index contributed by atoms with van der Waals surface area (Å²) < 4.78 is 0. The third-order valence-corrected chi connectivity index (χ3v) is 2.85. The summed E-state index contributed by atoms with van der Waals surface area (Å²) in [6.45, 7) is 7.12. The van der Waals surface area contributed by atoms with Gasteiger partial charge in [0.15, 0.2) is 0 Å². The van der Waals surface area contributed by atoms with E-state index in [1.165, 1.54) is 19.3 Å². The Kier molecular flexibility index (Phi) is 1.83. The van der Waals surface area contributed by atoms with E-state index in [4.69, 9.17) is 0 Å². The highest BCUT2D eigenvalue weighted by Gasteiger charge is 2.28. The fourth-order valence-electron chi connectivity index (χ4n) is 1.41. The Hall–Kier alpha value is 0. The first-order chi connectivity index (χ1) is 4.13. The van der Waals surface area contributed by atoms with Crippen molar-refractivity contribution in [2.24, 2.45) is 11.3 Å². The SMILES string of the molecule is CC1C[CH]CCC1(C)C. The average Bonchev–Trinajstić information content (AvgIpc) is 1.77. The van der Waals surface area contributed by atoms with Crippen molar-refractivity contribution in [3.05, 3.63) is 6.42 Å². The van der Waals surface area contributed by atoms with Gasteiger partial charge >= 0.3 is 0 Å². The molecule has 0 amide bonds. The summed E-state index contributed by atoms with van der Waals surface area (Å²) in [5.74, 6) is 0.895. The van der Waals surface area contributed by atoms with Crippen LogP contribution < -0.4 is 0 Å². The molecule has 0 heterocycles. The zero-order valence-corrected chi connectivity index (χ0v) is 6.78. The second-order valence-electron chi connectivity index (χ2n) is 3.95. The lowest BCUT2D eigenvalue weighted by molar-refractivity contribution is 0.181.